The topological polar surface area (TPSA) is 12.4 Å². The van der Waals surface area contributed by atoms with E-state index < -0.39 is 0 Å². The van der Waals surface area contributed by atoms with Gasteiger partial charge in [0, 0.05) is 12.4 Å². The van der Waals surface area contributed by atoms with E-state index >= 15 is 0 Å². The highest BCUT2D eigenvalue weighted by Crippen LogP contribution is 1.82. The van der Waals surface area contributed by atoms with Crippen molar-refractivity contribution in [1.82, 2.24) is 0 Å². The van der Waals surface area contributed by atoms with Crippen molar-refractivity contribution in [2.24, 2.45) is 4.99 Å². The highest BCUT2D eigenvalue weighted by molar-refractivity contribution is 5.70. The Morgan fingerprint density at radius 1 is 1.33 bits per heavy atom. The summed E-state index contributed by atoms with van der Waals surface area (Å²) in [5.41, 5.74) is 0. The Hall–Kier alpha value is -1.11. The van der Waals surface area contributed by atoms with Gasteiger partial charge in [0.2, 0.25) is 0 Å². The van der Waals surface area contributed by atoms with Crippen molar-refractivity contribution < 1.29 is 0 Å². The average molecular weight is 121 g/mol. The van der Waals surface area contributed by atoms with Crippen LogP contribution in [0.1, 0.15) is 6.42 Å². The number of aliphatic imine (C=N–C) groups is 1. The predicted octanol–water partition coefficient (Wildman–Crippen LogP) is 2.33. The summed E-state index contributed by atoms with van der Waals surface area (Å²) in [6, 6.07) is 0. The molecule has 0 amide bonds. The van der Waals surface area contributed by atoms with E-state index in [0.717, 1.165) is 6.42 Å². The number of hydrogen-bond donors (Lipinski definition) is 0. The standard InChI is InChI=1S/C8H11N/c1-3-5-6-8-9-7-4-2/h3-4,6-8H,1-2,5H2/b8-6-,9-7?. The summed E-state index contributed by atoms with van der Waals surface area (Å²) in [4.78, 5) is 3.86. The fraction of sp³-hybridized carbons (Fsp3) is 0.125. The molecule has 0 saturated carbocycles. The van der Waals surface area contributed by atoms with Crippen molar-refractivity contribution in [2.45, 2.75) is 6.42 Å². The number of hydrogen-bond acceptors (Lipinski definition) is 1. The second kappa shape index (κ2) is 6.89. The lowest BCUT2D eigenvalue weighted by Gasteiger charge is -1.74. The first-order chi connectivity index (χ1) is 4.41. The lowest BCUT2D eigenvalue weighted by molar-refractivity contribution is 1.37. The molecular formula is C8H11N. The van der Waals surface area contributed by atoms with Crippen LogP contribution in [0.3, 0.4) is 0 Å². The van der Waals surface area contributed by atoms with Crippen LogP contribution in [0, 0.1) is 0 Å². The Kier molecular flexibility index (Phi) is 6.04. The molecule has 1 heteroatoms. The third-order valence-electron chi connectivity index (χ3n) is 0.686. The molecule has 0 aliphatic heterocycles. The van der Waals surface area contributed by atoms with Crippen molar-refractivity contribution in [1.29, 1.82) is 0 Å². The van der Waals surface area contributed by atoms with Crippen LogP contribution < -0.4 is 0 Å². The first-order valence-corrected chi connectivity index (χ1v) is 2.82. The first kappa shape index (κ1) is 7.89. The van der Waals surface area contributed by atoms with Gasteiger partial charge in [-0.2, -0.15) is 0 Å². The van der Waals surface area contributed by atoms with E-state index in [-0.39, 0.29) is 0 Å². The van der Waals surface area contributed by atoms with Gasteiger partial charge in [0.15, 0.2) is 0 Å². The molecule has 0 radical (unpaired) electrons. The lowest BCUT2D eigenvalue weighted by Crippen LogP contribution is -1.58. The zero-order valence-corrected chi connectivity index (χ0v) is 5.46. The zero-order valence-electron chi connectivity index (χ0n) is 5.46. The fourth-order valence-corrected chi connectivity index (χ4v) is 0.328. The number of nitrogens with zero attached hydrogens (tertiary/aromatic N) is 1. The molecule has 0 aromatic carbocycles. The maximum Gasteiger partial charge on any atom is 0.0261 e. The number of rotatable bonds is 4. The maximum atomic E-state index is 3.86. The minimum atomic E-state index is 0.870. The summed E-state index contributed by atoms with van der Waals surface area (Å²) in [5.74, 6) is 0. The summed E-state index contributed by atoms with van der Waals surface area (Å²) >= 11 is 0. The Morgan fingerprint density at radius 2 is 2.11 bits per heavy atom. The van der Waals surface area contributed by atoms with E-state index in [1.807, 2.05) is 12.2 Å². The van der Waals surface area contributed by atoms with Crippen molar-refractivity contribution in [2.75, 3.05) is 0 Å². The number of allylic oxidation sites excluding steroid dienone is 3. The van der Waals surface area contributed by atoms with Gasteiger partial charge in [-0.05, 0) is 6.42 Å². The SMILES string of the molecule is C=CC=N/C=C\CC=C. The lowest BCUT2D eigenvalue weighted by atomic mass is 10.4. The zero-order chi connectivity index (χ0) is 6.95. The van der Waals surface area contributed by atoms with Gasteiger partial charge >= 0.3 is 0 Å². The van der Waals surface area contributed by atoms with Crippen molar-refractivity contribution in [3.05, 3.63) is 37.6 Å². The molecule has 0 aliphatic rings. The molecular weight excluding hydrogens is 110 g/mol. The van der Waals surface area contributed by atoms with E-state index in [1.165, 1.54) is 0 Å². The molecule has 0 fully saturated rings. The van der Waals surface area contributed by atoms with E-state index in [4.69, 9.17) is 0 Å². The second-order valence-electron chi connectivity index (χ2n) is 1.44. The van der Waals surface area contributed by atoms with Crippen LogP contribution in [0.4, 0.5) is 0 Å². The third kappa shape index (κ3) is 6.89. The summed E-state index contributed by atoms with van der Waals surface area (Å²) in [6.07, 6.45) is 9.61. The second-order valence-corrected chi connectivity index (χ2v) is 1.44. The highest BCUT2D eigenvalue weighted by atomic mass is 14.6. The average Bonchev–Trinajstić information content (AvgIpc) is 1.89. The predicted molar refractivity (Wildman–Crippen MR) is 42.6 cm³/mol. The largest absolute Gasteiger partial charge is 0.265 e. The molecule has 0 unspecified atom stereocenters. The first-order valence-electron chi connectivity index (χ1n) is 2.82. The molecule has 0 rings (SSSR count). The molecule has 0 aromatic rings. The molecule has 0 bridgehead atoms. The van der Waals surface area contributed by atoms with E-state index in [1.54, 1.807) is 18.5 Å². The van der Waals surface area contributed by atoms with E-state index in [2.05, 4.69) is 18.2 Å². The van der Waals surface area contributed by atoms with Crippen LogP contribution in [0.25, 0.3) is 0 Å². The van der Waals surface area contributed by atoms with Crippen LogP contribution in [0.5, 0.6) is 0 Å². The van der Waals surface area contributed by atoms with E-state index in [0.29, 0.717) is 0 Å². The normalized spacial score (nSPS) is 10.7. The quantitative estimate of drug-likeness (QED) is 0.400. The molecule has 0 aliphatic carbocycles. The fourth-order valence-electron chi connectivity index (χ4n) is 0.328. The molecule has 0 spiro atoms. The van der Waals surface area contributed by atoms with Gasteiger partial charge in [-0.25, -0.2) is 0 Å². The molecule has 0 heterocycles. The van der Waals surface area contributed by atoms with Crippen LogP contribution >= 0.6 is 0 Å². The smallest absolute Gasteiger partial charge is 0.0261 e. The Labute approximate surface area is 56.1 Å². The van der Waals surface area contributed by atoms with Gasteiger partial charge in [-0.15, -0.1) is 6.58 Å². The van der Waals surface area contributed by atoms with Crippen molar-refractivity contribution in [3.63, 3.8) is 0 Å². The van der Waals surface area contributed by atoms with Gasteiger partial charge in [-0.1, -0.05) is 24.8 Å². The van der Waals surface area contributed by atoms with Crippen LogP contribution in [-0.2, 0) is 0 Å². The summed E-state index contributed by atoms with van der Waals surface area (Å²) in [6.45, 7) is 7.03. The summed E-state index contributed by atoms with van der Waals surface area (Å²) in [7, 11) is 0. The highest BCUT2D eigenvalue weighted by Gasteiger charge is 1.62. The van der Waals surface area contributed by atoms with Crippen LogP contribution in [0.15, 0.2) is 42.6 Å². The molecule has 0 saturated heterocycles. The molecule has 0 atom stereocenters. The molecule has 0 aromatic heterocycles. The van der Waals surface area contributed by atoms with Crippen molar-refractivity contribution >= 4 is 6.21 Å². The molecule has 9 heavy (non-hydrogen) atoms. The van der Waals surface area contributed by atoms with Gasteiger partial charge in [0.1, 0.15) is 0 Å². The van der Waals surface area contributed by atoms with Crippen LogP contribution in [0.2, 0.25) is 0 Å². The minimum Gasteiger partial charge on any atom is -0.265 e. The Morgan fingerprint density at radius 3 is 2.67 bits per heavy atom. The minimum absolute atomic E-state index is 0.870. The molecule has 0 N–H and O–H groups in total. The van der Waals surface area contributed by atoms with Gasteiger partial charge in [0.25, 0.3) is 0 Å². The van der Waals surface area contributed by atoms with Crippen molar-refractivity contribution in [3.8, 4) is 0 Å². The third-order valence-corrected chi connectivity index (χ3v) is 0.686. The van der Waals surface area contributed by atoms with Gasteiger partial charge in [0.05, 0.1) is 0 Å². The Balaban J connectivity index is 3.33. The van der Waals surface area contributed by atoms with E-state index in [9.17, 15) is 0 Å². The van der Waals surface area contributed by atoms with Gasteiger partial charge < -0.3 is 0 Å². The summed E-state index contributed by atoms with van der Waals surface area (Å²) in [5, 5.41) is 0. The monoisotopic (exact) mass is 121 g/mol. The maximum absolute atomic E-state index is 3.86. The molecule has 1 nitrogen and oxygen atoms in total. The Bertz CT molecular complexity index is 132. The summed E-state index contributed by atoms with van der Waals surface area (Å²) < 4.78 is 0. The van der Waals surface area contributed by atoms with Gasteiger partial charge in [-0.3, -0.25) is 4.99 Å². The van der Waals surface area contributed by atoms with Crippen LogP contribution in [-0.4, -0.2) is 6.21 Å². The molecule has 48 valence electrons.